The molecular formula is C23H30F2O. The van der Waals surface area contributed by atoms with E-state index in [1.165, 1.54) is 43.9 Å². The summed E-state index contributed by atoms with van der Waals surface area (Å²) in [6, 6.07) is 2.95. The predicted molar refractivity (Wildman–Crippen MR) is 102 cm³/mol. The summed E-state index contributed by atoms with van der Waals surface area (Å²) >= 11 is 0. The van der Waals surface area contributed by atoms with Crippen molar-refractivity contribution in [1.29, 1.82) is 0 Å². The van der Waals surface area contributed by atoms with Crippen LogP contribution in [0.1, 0.15) is 63.4 Å². The van der Waals surface area contributed by atoms with Gasteiger partial charge in [0, 0.05) is 0 Å². The largest absolute Gasteiger partial charge is 0.483 e. The van der Waals surface area contributed by atoms with Crippen LogP contribution in [0.15, 0.2) is 36.9 Å². The molecule has 0 N–H and O–H groups in total. The minimum atomic E-state index is -0.600. The zero-order valence-corrected chi connectivity index (χ0v) is 15.7. The van der Waals surface area contributed by atoms with Gasteiger partial charge in [-0.2, -0.15) is 0 Å². The van der Waals surface area contributed by atoms with Crippen molar-refractivity contribution in [2.75, 3.05) is 6.61 Å². The number of halogens is 2. The van der Waals surface area contributed by atoms with Gasteiger partial charge >= 0.3 is 0 Å². The van der Waals surface area contributed by atoms with E-state index in [4.69, 9.17) is 4.74 Å². The van der Waals surface area contributed by atoms with E-state index >= 15 is 0 Å². The van der Waals surface area contributed by atoms with Crippen LogP contribution in [0.3, 0.4) is 0 Å². The van der Waals surface area contributed by atoms with Crippen LogP contribution in [0.5, 0.6) is 5.75 Å². The Kier molecular flexibility index (Phi) is 6.50. The van der Waals surface area contributed by atoms with E-state index in [9.17, 15) is 8.78 Å². The van der Waals surface area contributed by atoms with Crippen LogP contribution in [-0.2, 0) is 0 Å². The van der Waals surface area contributed by atoms with E-state index in [2.05, 4.69) is 25.7 Å². The molecule has 1 aromatic carbocycles. The first-order valence-electron chi connectivity index (χ1n) is 10.0. The van der Waals surface area contributed by atoms with Gasteiger partial charge in [-0.05, 0) is 86.3 Å². The van der Waals surface area contributed by atoms with Gasteiger partial charge in [-0.3, -0.25) is 0 Å². The van der Waals surface area contributed by atoms with Gasteiger partial charge in [0.25, 0.3) is 0 Å². The van der Waals surface area contributed by atoms with Crippen molar-refractivity contribution in [3.8, 4) is 5.75 Å². The quantitative estimate of drug-likeness (QED) is 0.507. The van der Waals surface area contributed by atoms with Crippen LogP contribution < -0.4 is 4.74 Å². The van der Waals surface area contributed by atoms with Crippen molar-refractivity contribution in [2.45, 2.75) is 57.8 Å². The number of ether oxygens (including phenoxy) is 1. The summed E-state index contributed by atoms with van der Waals surface area (Å²) in [5.41, 5.74) is 0.789. The van der Waals surface area contributed by atoms with E-state index in [-0.39, 0.29) is 18.3 Å². The first kappa shape index (κ1) is 19.1. The Bertz CT molecular complexity index is 629. The second-order valence-electron chi connectivity index (χ2n) is 7.85. The van der Waals surface area contributed by atoms with E-state index in [1.807, 2.05) is 0 Å². The molecule has 0 bridgehead atoms. The molecule has 4 unspecified atom stereocenters. The third-order valence-corrected chi connectivity index (χ3v) is 6.14. The van der Waals surface area contributed by atoms with Crippen LogP contribution in [-0.4, -0.2) is 6.61 Å². The monoisotopic (exact) mass is 360 g/mol. The maximum Gasteiger partial charge on any atom is 0.191 e. The van der Waals surface area contributed by atoms with Gasteiger partial charge in [0.15, 0.2) is 17.4 Å². The van der Waals surface area contributed by atoms with Crippen LogP contribution in [0.4, 0.5) is 8.78 Å². The van der Waals surface area contributed by atoms with Crippen molar-refractivity contribution >= 4 is 0 Å². The topological polar surface area (TPSA) is 9.23 Å². The minimum Gasteiger partial charge on any atom is -0.483 e. The molecule has 0 saturated heterocycles. The summed E-state index contributed by atoms with van der Waals surface area (Å²) in [7, 11) is 0. The number of allylic oxidation sites excluding steroid dienone is 2. The van der Waals surface area contributed by atoms with Crippen molar-refractivity contribution in [3.05, 3.63) is 54.1 Å². The molecule has 0 spiro atoms. The highest BCUT2D eigenvalue weighted by atomic mass is 19.1. The lowest BCUT2D eigenvalue weighted by atomic mass is 9.64. The SMILES string of the molecule is C=CCOc1c(F)cc(C2CCC3CC(/C=C/CC)CCC3C2)cc1F. The Balaban J connectivity index is 1.66. The normalized spacial score (nSPS) is 28.7. The van der Waals surface area contributed by atoms with E-state index in [1.54, 1.807) is 0 Å². The van der Waals surface area contributed by atoms with Gasteiger partial charge < -0.3 is 4.74 Å². The molecule has 3 heteroatoms. The number of fused-ring (bicyclic) bond motifs is 1. The number of rotatable bonds is 6. The number of hydrogen-bond acceptors (Lipinski definition) is 1. The second kappa shape index (κ2) is 8.83. The highest BCUT2D eigenvalue weighted by molar-refractivity contribution is 5.33. The van der Waals surface area contributed by atoms with E-state index in [0.717, 1.165) is 36.7 Å². The molecule has 3 rings (SSSR count). The molecule has 4 atom stereocenters. The molecule has 1 aromatic rings. The first-order chi connectivity index (χ1) is 12.6. The Morgan fingerprint density at radius 3 is 2.46 bits per heavy atom. The molecule has 142 valence electrons. The predicted octanol–water partition coefficient (Wildman–Crippen LogP) is 6.80. The molecule has 2 saturated carbocycles. The fourth-order valence-electron chi connectivity index (χ4n) is 4.83. The molecule has 0 aliphatic heterocycles. The lowest BCUT2D eigenvalue weighted by Gasteiger charge is -2.42. The molecule has 1 nitrogen and oxygen atoms in total. The van der Waals surface area contributed by atoms with Crippen molar-refractivity contribution in [1.82, 2.24) is 0 Å². The zero-order chi connectivity index (χ0) is 18.5. The summed E-state index contributed by atoms with van der Waals surface area (Å²) in [4.78, 5) is 0. The van der Waals surface area contributed by atoms with Gasteiger partial charge in [-0.15, -0.1) is 0 Å². The number of hydrogen-bond donors (Lipinski definition) is 0. The number of benzene rings is 1. The maximum absolute atomic E-state index is 14.3. The highest BCUT2D eigenvalue weighted by Gasteiger charge is 2.35. The van der Waals surface area contributed by atoms with E-state index < -0.39 is 11.6 Å². The average molecular weight is 360 g/mol. The maximum atomic E-state index is 14.3. The van der Waals surface area contributed by atoms with Crippen LogP contribution in [0, 0.1) is 29.4 Å². The fraction of sp³-hybridized carbons (Fsp3) is 0.565. The van der Waals surface area contributed by atoms with Gasteiger partial charge in [-0.25, -0.2) is 8.78 Å². The third-order valence-electron chi connectivity index (χ3n) is 6.14. The zero-order valence-electron chi connectivity index (χ0n) is 15.7. The van der Waals surface area contributed by atoms with E-state index in [0.29, 0.717) is 5.92 Å². The van der Waals surface area contributed by atoms with Crippen molar-refractivity contribution < 1.29 is 13.5 Å². The molecular weight excluding hydrogens is 330 g/mol. The molecule has 2 aliphatic rings. The highest BCUT2D eigenvalue weighted by Crippen LogP contribution is 2.48. The standard InChI is InChI=1S/C23H30F2O/c1-3-5-6-16-7-8-18-13-19(10-9-17(18)12-16)20-14-21(24)23(22(25)15-20)26-11-4-2/h4-6,14-19H,2-3,7-13H2,1H3/b6-5+. The van der Waals surface area contributed by atoms with Gasteiger partial charge in [0.05, 0.1) is 0 Å². The summed E-state index contributed by atoms with van der Waals surface area (Å²) in [6.07, 6.45) is 14.3. The molecule has 26 heavy (non-hydrogen) atoms. The molecule has 2 fully saturated rings. The van der Waals surface area contributed by atoms with Gasteiger partial charge in [0.1, 0.15) is 6.61 Å². The minimum absolute atomic E-state index is 0.105. The van der Waals surface area contributed by atoms with Crippen LogP contribution in [0.2, 0.25) is 0 Å². The van der Waals surface area contributed by atoms with Gasteiger partial charge in [0.2, 0.25) is 0 Å². The Labute approximate surface area is 156 Å². The summed E-state index contributed by atoms with van der Waals surface area (Å²) < 4.78 is 33.7. The molecule has 0 heterocycles. The average Bonchev–Trinajstić information content (AvgIpc) is 2.65. The summed E-state index contributed by atoms with van der Waals surface area (Å²) in [5, 5.41) is 0. The smallest absolute Gasteiger partial charge is 0.191 e. The fourth-order valence-corrected chi connectivity index (χ4v) is 4.83. The summed E-state index contributed by atoms with van der Waals surface area (Å²) in [5.74, 6) is 0.972. The summed E-state index contributed by atoms with van der Waals surface area (Å²) in [6.45, 7) is 5.80. The van der Waals surface area contributed by atoms with Crippen molar-refractivity contribution in [3.63, 3.8) is 0 Å². The molecule has 0 aromatic heterocycles. The lowest BCUT2D eigenvalue weighted by Crippen LogP contribution is -2.30. The van der Waals surface area contributed by atoms with Gasteiger partial charge in [-0.1, -0.05) is 31.7 Å². The molecule has 0 radical (unpaired) electrons. The Morgan fingerprint density at radius 1 is 1.08 bits per heavy atom. The van der Waals surface area contributed by atoms with Crippen molar-refractivity contribution in [2.24, 2.45) is 17.8 Å². The second-order valence-corrected chi connectivity index (χ2v) is 7.85. The lowest BCUT2D eigenvalue weighted by molar-refractivity contribution is 0.133. The van der Waals surface area contributed by atoms with Crippen LogP contribution in [0.25, 0.3) is 0 Å². The first-order valence-corrected chi connectivity index (χ1v) is 10.0. The Hall–Kier alpha value is -1.64. The molecule has 2 aliphatic carbocycles. The molecule has 0 amide bonds. The Morgan fingerprint density at radius 2 is 1.77 bits per heavy atom. The van der Waals surface area contributed by atoms with Crippen LogP contribution >= 0.6 is 0 Å². The third kappa shape index (κ3) is 4.36.